The fourth-order valence-electron chi connectivity index (χ4n) is 7.26. The lowest BCUT2D eigenvalue weighted by Crippen LogP contribution is -2.46. The zero-order chi connectivity index (χ0) is 26.3. The van der Waals surface area contributed by atoms with Crippen LogP contribution in [-0.4, -0.2) is 40.1 Å². The number of fused-ring (bicyclic) bond motifs is 3. The molecule has 37 heavy (non-hydrogen) atoms. The Morgan fingerprint density at radius 2 is 1.76 bits per heavy atom. The van der Waals surface area contributed by atoms with E-state index in [0.29, 0.717) is 61.9 Å². The number of halogens is 3. The summed E-state index contributed by atoms with van der Waals surface area (Å²) < 4.78 is 47.8. The Bertz CT molecular complexity index is 1110. The number of alkyl halides is 3. The quantitative estimate of drug-likeness (QED) is 0.390. The van der Waals surface area contributed by atoms with E-state index in [0.717, 1.165) is 37.0 Å². The maximum Gasteiger partial charge on any atom is 0.306 e. The van der Waals surface area contributed by atoms with Crippen LogP contribution >= 0.6 is 0 Å². The molecule has 3 fully saturated rings. The molecule has 0 spiro atoms. The SMILES string of the molecule is CCC(c1ccc2c(CF)c(OC3CCC(C(C)(F)F)CC3)ccc2c1)N1C2CCC1CC(C(=O)O)C2. The first-order valence-electron chi connectivity index (χ1n) is 13.9. The van der Waals surface area contributed by atoms with Crippen LogP contribution < -0.4 is 4.74 Å². The number of aliphatic carboxylic acids is 1. The second-order valence-corrected chi connectivity index (χ2v) is 11.5. The zero-order valence-electron chi connectivity index (χ0n) is 21.8. The molecule has 2 saturated heterocycles. The van der Waals surface area contributed by atoms with Crippen LogP contribution in [-0.2, 0) is 11.5 Å². The minimum absolute atomic E-state index is 0.172. The van der Waals surface area contributed by atoms with Crippen LogP contribution in [0.25, 0.3) is 10.8 Å². The van der Waals surface area contributed by atoms with Gasteiger partial charge >= 0.3 is 5.97 Å². The third-order valence-electron chi connectivity index (χ3n) is 9.20. The number of ether oxygens (including phenoxy) is 1. The largest absolute Gasteiger partial charge is 0.490 e. The highest BCUT2D eigenvalue weighted by Crippen LogP contribution is 2.45. The van der Waals surface area contributed by atoms with E-state index in [2.05, 4.69) is 24.0 Å². The second-order valence-electron chi connectivity index (χ2n) is 11.5. The molecule has 0 aromatic heterocycles. The molecule has 1 aliphatic carbocycles. The molecular weight excluding hydrogens is 479 g/mol. The van der Waals surface area contributed by atoms with Crippen LogP contribution in [0.15, 0.2) is 30.3 Å². The van der Waals surface area contributed by atoms with Gasteiger partial charge in [-0.2, -0.15) is 0 Å². The van der Waals surface area contributed by atoms with Crippen molar-refractivity contribution in [3.05, 3.63) is 41.5 Å². The maximum absolute atomic E-state index is 14.3. The number of piperidine rings is 1. The molecule has 5 rings (SSSR count). The Balaban J connectivity index is 1.35. The Morgan fingerprint density at radius 1 is 1.08 bits per heavy atom. The summed E-state index contributed by atoms with van der Waals surface area (Å²) in [6, 6.07) is 10.8. The molecule has 2 aromatic rings. The highest BCUT2D eigenvalue weighted by atomic mass is 19.3. The lowest BCUT2D eigenvalue weighted by Gasteiger charge is -2.42. The van der Waals surface area contributed by atoms with Gasteiger partial charge in [-0.05, 0) is 93.2 Å². The number of carboxylic acid groups (broad SMARTS) is 1. The number of benzene rings is 2. The van der Waals surface area contributed by atoms with Gasteiger partial charge in [-0.1, -0.05) is 25.1 Å². The first-order valence-corrected chi connectivity index (χ1v) is 13.9. The van der Waals surface area contributed by atoms with E-state index >= 15 is 0 Å². The summed E-state index contributed by atoms with van der Waals surface area (Å²) in [7, 11) is 0. The molecule has 1 N–H and O–H groups in total. The molecule has 7 heteroatoms. The van der Waals surface area contributed by atoms with Gasteiger partial charge in [-0.3, -0.25) is 9.69 Å². The van der Waals surface area contributed by atoms with Crippen LogP contribution in [0.5, 0.6) is 5.75 Å². The van der Waals surface area contributed by atoms with Crippen molar-refractivity contribution >= 4 is 16.7 Å². The van der Waals surface area contributed by atoms with Crippen LogP contribution in [0, 0.1) is 11.8 Å². The topological polar surface area (TPSA) is 49.8 Å². The molecule has 2 aromatic carbocycles. The van der Waals surface area contributed by atoms with E-state index in [1.54, 1.807) is 0 Å². The fourth-order valence-corrected chi connectivity index (χ4v) is 7.26. The van der Waals surface area contributed by atoms with Gasteiger partial charge in [0.1, 0.15) is 12.4 Å². The number of carbonyl (C=O) groups is 1. The van der Waals surface area contributed by atoms with Crippen molar-refractivity contribution in [3.63, 3.8) is 0 Å². The summed E-state index contributed by atoms with van der Waals surface area (Å²) in [6.07, 6.45) is 6.20. The van der Waals surface area contributed by atoms with Crippen molar-refractivity contribution in [3.8, 4) is 5.75 Å². The number of carboxylic acids is 1. The van der Waals surface area contributed by atoms with Gasteiger partial charge in [-0.25, -0.2) is 13.2 Å². The van der Waals surface area contributed by atoms with E-state index in [1.807, 2.05) is 18.2 Å². The predicted octanol–water partition coefficient (Wildman–Crippen LogP) is 7.68. The number of nitrogens with zero attached hydrogens (tertiary/aromatic N) is 1. The summed E-state index contributed by atoms with van der Waals surface area (Å²) in [5.41, 5.74) is 1.69. The molecule has 0 amide bonds. The summed E-state index contributed by atoms with van der Waals surface area (Å²) in [5.74, 6) is -3.70. The first kappa shape index (κ1) is 26.3. The van der Waals surface area contributed by atoms with Gasteiger partial charge in [0.15, 0.2) is 0 Å². The van der Waals surface area contributed by atoms with Crippen LogP contribution in [0.3, 0.4) is 0 Å². The Kier molecular flexibility index (Phi) is 7.45. The summed E-state index contributed by atoms with van der Waals surface area (Å²) in [5, 5.41) is 11.3. The first-order chi connectivity index (χ1) is 17.7. The number of hydrogen-bond donors (Lipinski definition) is 1. The molecule has 2 bridgehead atoms. The lowest BCUT2D eigenvalue weighted by molar-refractivity contribution is -0.144. The molecule has 4 nitrogen and oxygen atoms in total. The summed E-state index contributed by atoms with van der Waals surface area (Å²) >= 11 is 0. The number of rotatable bonds is 8. The average molecular weight is 518 g/mol. The van der Waals surface area contributed by atoms with E-state index in [1.165, 1.54) is 5.56 Å². The van der Waals surface area contributed by atoms with Crippen LogP contribution in [0.1, 0.15) is 88.8 Å². The van der Waals surface area contributed by atoms with Crippen molar-refractivity contribution in [2.24, 2.45) is 11.8 Å². The van der Waals surface area contributed by atoms with E-state index in [9.17, 15) is 23.1 Å². The zero-order valence-corrected chi connectivity index (χ0v) is 21.8. The van der Waals surface area contributed by atoms with Crippen molar-refractivity contribution in [1.29, 1.82) is 0 Å². The minimum Gasteiger partial charge on any atom is -0.490 e. The van der Waals surface area contributed by atoms with Gasteiger partial charge in [0.05, 0.1) is 12.0 Å². The molecule has 0 radical (unpaired) electrons. The van der Waals surface area contributed by atoms with Gasteiger partial charge < -0.3 is 9.84 Å². The molecule has 3 unspecified atom stereocenters. The normalized spacial score (nSPS) is 29.4. The Labute approximate surface area is 217 Å². The summed E-state index contributed by atoms with van der Waals surface area (Å²) in [6.45, 7) is 2.51. The monoisotopic (exact) mass is 517 g/mol. The fraction of sp³-hybridized carbons (Fsp3) is 0.633. The van der Waals surface area contributed by atoms with Crippen molar-refractivity contribution < 1.29 is 27.8 Å². The third kappa shape index (κ3) is 5.21. The maximum atomic E-state index is 14.3. The third-order valence-corrected chi connectivity index (χ3v) is 9.20. The summed E-state index contributed by atoms with van der Waals surface area (Å²) in [4.78, 5) is 14.2. The number of hydrogen-bond acceptors (Lipinski definition) is 3. The average Bonchev–Trinajstić information content (AvgIpc) is 3.11. The lowest BCUT2D eigenvalue weighted by atomic mass is 9.83. The van der Waals surface area contributed by atoms with E-state index < -0.39 is 24.5 Å². The molecule has 3 aliphatic rings. The van der Waals surface area contributed by atoms with Crippen molar-refractivity contribution in [2.75, 3.05) is 0 Å². The van der Waals surface area contributed by atoms with Crippen LogP contribution in [0.2, 0.25) is 0 Å². The Hall–Kier alpha value is -2.28. The minimum atomic E-state index is -2.67. The predicted molar refractivity (Wildman–Crippen MR) is 138 cm³/mol. The van der Waals surface area contributed by atoms with Gasteiger partial charge in [-0.15, -0.1) is 0 Å². The molecule has 2 aliphatic heterocycles. The van der Waals surface area contributed by atoms with Gasteiger partial charge in [0.2, 0.25) is 5.92 Å². The highest BCUT2D eigenvalue weighted by Gasteiger charge is 2.45. The van der Waals surface area contributed by atoms with E-state index in [-0.39, 0.29) is 18.1 Å². The highest BCUT2D eigenvalue weighted by molar-refractivity contribution is 5.88. The van der Waals surface area contributed by atoms with Gasteiger partial charge in [0.25, 0.3) is 0 Å². The standard InChI is InChI=1S/C30H38F3NO3/c1-3-27(34-22-8-9-23(34)16-20(15-22)29(35)36)19-4-12-25-18(14-19)5-13-28(26(25)17-31)37-24-10-6-21(7-11-24)30(2,32)33/h4-5,12-14,20-24,27H,3,6-11,15-17H2,1-2H3,(H,35,36). The molecule has 1 saturated carbocycles. The van der Waals surface area contributed by atoms with Gasteiger partial charge in [0, 0.05) is 29.6 Å². The molecule has 202 valence electrons. The van der Waals surface area contributed by atoms with Crippen molar-refractivity contribution in [2.45, 2.75) is 108 Å². The Morgan fingerprint density at radius 3 is 2.32 bits per heavy atom. The molecule has 2 heterocycles. The molecular formula is C30H38F3NO3. The molecule has 3 atom stereocenters. The van der Waals surface area contributed by atoms with E-state index in [4.69, 9.17) is 4.74 Å². The van der Waals surface area contributed by atoms with Crippen molar-refractivity contribution in [1.82, 2.24) is 4.90 Å². The smallest absolute Gasteiger partial charge is 0.306 e. The second kappa shape index (κ2) is 10.5. The van der Waals surface area contributed by atoms with Crippen LogP contribution in [0.4, 0.5) is 13.2 Å².